The molecule has 0 radical (unpaired) electrons. The number of anilines is 1. The number of carbonyl (C=O) groups excluding carboxylic acids is 3. The highest BCUT2D eigenvalue weighted by Gasteiger charge is 2.44. The van der Waals surface area contributed by atoms with Crippen LogP contribution in [0.1, 0.15) is 140 Å². The minimum absolute atomic E-state index is 0.0525. The normalized spacial score (nSPS) is 20.2. The van der Waals surface area contributed by atoms with Gasteiger partial charge in [0.15, 0.2) is 0 Å². The summed E-state index contributed by atoms with van der Waals surface area (Å²) in [6.07, 6.45) is 20.0. The predicted molar refractivity (Wildman–Crippen MR) is 267 cm³/mol. The van der Waals surface area contributed by atoms with Gasteiger partial charge in [-0.3, -0.25) is 19.1 Å². The van der Waals surface area contributed by atoms with Gasteiger partial charge in [-0.25, -0.2) is 15.0 Å². The van der Waals surface area contributed by atoms with Crippen molar-refractivity contribution in [3.05, 3.63) is 64.1 Å². The Morgan fingerprint density at radius 2 is 1.60 bits per heavy atom. The van der Waals surface area contributed by atoms with E-state index in [9.17, 15) is 19.5 Å². The fourth-order valence-corrected chi connectivity index (χ4v) is 10.5. The minimum atomic E-state index is -0.822. The summed E-state index contributed by atoms with van der Waals surface area (Å²) in [6, 6.07) is 7.24. The summed E-state index contributed by atoms with van der Waals surface area (Å²) < 4.78 is 1.95. The number of rotatable bonds is 23. The largest absolute Gasteiger partial charge is 0.391 e. The van der Waals surface area contributed by atoms with Gasteiger partial charge in [0.1, 0.15) is 12.1 Å². The van der Waals surface area contributed by atoms with Crippen LogP contribution in [0.15, 0.2) is 42.2 Å². The molecule has 3 aromatic heterocycles. The number of benzene rings is 1. The number of β-amino-alcohol motifs (C(OH)–C–C–N with tert-alkyl or cyclic N) is 1. The molecule has 3 aliphatic rings. The molecule has 4 heterocycles. The fraction of sp³-hybridized carbons (Fsp3) is 0.627. The second-order valence-corrected chi connectivity index (χ2v) is 21.6. The smallest absolute Gasteiger partial charge is 0.246 e. The number of aryl methyl sites for hydroxylation is 2. The maximum atomic E-state index is 14.0. The van der Waals surface area contributed by atoms with Crippen molar-refractivity contribution < 1.29 is 19.5 Å². The Balaban J connectivity index is 0.731. The number of unbranched alkanes of at least 4 members (excludes halogenated alkanes) is 7. The maximum Gasteiger partial charge on any atom is 0.246 e. The van der Waals surface area contributed by atoms with Crippen LogP contribution in [-0.4, -0.2) is 95.8 Å². The monoisotopic (exact) mass is 957 g/mol. The van der Waals surface area contributed by atoms with Crippen LogP contribution in [0, 0.1) is 18.3 Å². The number of nitrogens with one attached hydrogen (secondary N) is 4. The Kier molecular flexibility index (Phi) is 17.9. The molecule has 0 spiro atoms. The Morgan fingerprint density at radius 1 is 0.910 bits per heavy atom. The summed E-state index contributed by atoms with van der Waals surface area (Å²) in [5.41, 5.74) is 7.19. The van der Waals surface area contributed by atoms with Crippen molar-refractivity contribution in [2.75, 3.05) is 18.4 Å². The van der Waals surface area contributed by atoms with E-state index in [-0.39, 0.29) is 30.7 Å². The van der Waals surface area contributed by atoms with Crippen LogP contribution >= 0.6 is 22.9 Å². The van der Waals surface area contributed by atoms with Crippen LogP contribution in [0.5, 0.6) is 0 Å². The first-order valence-corrected chi connectivity index (χ1v) is 26.1. The molecular weight excluding hydrogens is 884 g/mol. The Labute approximate surface area is 406 Å². The summed E-state index contributed by atoms with van der Waals surface area (Å²) in [5.74, 6) is 0.563. The van der Waals surface area contributed by atoms with E-state index in [1.54, 1.807) is 17.5 Å². The molecule has 2 aliphatic carbocycles. The van der Waals surface area contributed by atoms with E-state index in [2.05, 4.69) is 36.3 Å². The molecule has 7 rings (SSSR count). The van der Waals surface area contributed by atoms with E-state index < -0.39 is 23.6 Å². The third kappa shape index (κ3) is 14.3. The van der Waals surface area contributed by atoms with Gasteiger partial charge in [0.05, 0.1) is 45.3 Å². The minimum Gasteiger partial charge on any atom is -0.391 e. The molecule has 1 aliphatic heterocycles. The molecule has 16 heteroatoms. The molecular formula is C51H73ClN10O4S. The lowest BCUT2D eigenvalue weighted by molar-refractivity contribution is -0.144. The van der Waals surface area contributed by atoms with Gasteiger partial charge in [-0.05, 0) is 93.7 Å². The lowest BCUT2D eigenvalue weighted by Gasteiger charge is -2.35. The van der Waals surface area contributed by atoms with E-state index in [4.69, 9.17) is 16.6 Å². The topological polar surface area (TPSA) is 179 Å². The van der Waals surface area contributed by atoms with E-state index in [0.29, 0.717) is 36.0 Å². The Bertz CT molecular complexity index is 2250. The van der Waals surface area contributed by atoms with Gasteiger partial charge in [-0.15, -0.1) is 11.3 Å². The summed E-state index contributed by atoms with van der Waals surface area (Å²) >= 11 is 8.19. The van der Waals surface area contributed by atoms with Crippen LogP contribution < -0.4 is 21.3 Å². The first kappa shape index (κ1) is 50.4. The van der Waals surface area contributed by atoms with Crippen molar-refractivity contribution in [2.45, 2.75) is 174 Å². The molecule has 67 heavy (non-hydrogen) atoms. The molecule has 1 unspecified atom stereocenters. The van der Waals surface area contributed by atoms with Crippen molar-refractivity contribution in [3.63, 3.8) is 0 Å². The van der Waals surface area contributed by atoms with Gasteiger partial charge in [-0.2, -0.15) is 5.10 Å². The number of hydrogen-bond acceptors (Lipinski definition) is 11. The summed E-state index contributed by atoms with van der Waals surface area (Å²) in [7, 11) is 1.99. The molecule has 14 nitrogen and oxygen atoms in total. The molecule has 5 N–H and O–H groups in total. The highest BCUT2D eigenvalue weighted by Crippen LogP contribution is 2.37. The molecule has 0 bridgehead atoms. The number of hydrogen-bond donors (Lipinski definition) is 5. The van der Waals surface area contributed by atoms with Crippen LogP contribution in [0.25, 0.3) is 21.7 Å². The van der Waals surface area contributed by atoms with Crippen molar-refractivity contribution in [2.24, 2.45) is 18.4 Å². The quantitative estimate of drug-likeness (QED) is 0.0453. The number of aliphatic hydroxyl groups is 1. The van der Waals surface area contributed by atoms with Crippen LogP contribution in [0.3, 0.4) is 0 Å². The number of nitrogens with zero attached hydrogens (tertiary/aromatic N) is 6. The van der Waals surface area contributed by atoms with Gasteiger partial charge in [0.2, 0.25) is 23.7 Å². The van der Waals surface area contributed by atoms with Gasteiger partial charge in [0, 0.05) is 56.3 Å². The number of likely N-dealkylation sites (tertiary alicyclic amines) is 1. The molecule has 364 valence electrons. The highest BCUT2D eigenvalue weighted by atomic mass is 35.5. The summed E-state index contributed by atoms with van der Waals surface area (Å²) in [6.45, 7) is 9.12. The van der Waals surface area contributed by atoms with Crippen molar-refractivity contribution in [3.8, 4) is 21.7 Å². The van der Waals surface area contributed by atoms with Crippen molar-refractivity contribution in [1.29, 1.82) is 0 Å². The van der Waals surface area contributed by atoms with Gasteiger partial charge in [0.25, 0.3) is 0 Å². The van der Waals surface area contributed by atoms with Gasteiger partial charge >= 0.3 is 0 Å². The van der Waals surface area contributed by atoms with E-state index >= 15 is 0 Å². The molecule has 2 saturated carbocycles. The van der Waals surface area contributed by atoms with Crippen LogP contribution in [-0.2, 0) is 34.4 Å². The van der Waals surface area contributed by atoms with Crippen LogP contribution in [0.4, 0.5) is 5.95 Å². The van der Waals surface area contributed by atoms with Crippen molar-refractivity contribution in [1.82, 2.24) is 45.6 Å². The number of carbonyl (C=O) groups is 3. The van der Waals surface area contributed by atoms with Gasteiger partial charge < -0.3 is 31.3 Å². The zero-order valence-corrected chi connectivity index (χ0v) is 41.9. The van der Waals surface area contributed by atoms with E-state index in [0.717, 1.165) is 103 Å². The third-order valence-corrected chi connectivity index (χ3v) is 15.0. The summed E-state index contributed by atoms with van der Waals surface area (Å²) in [4.78, 5) is 56.9. The van der Waals surface area contributed by atoms with Gasteiger partial charge in [-0.1, -0.05) is 95.2 Å². The maximum absolute atomic E-state index is 14.0. The lowest BCUT2D eigenvalue weighted by Crippen LogP contribution is -2.57. The predicted octanol–water partition coefficient (Wildman–Crippen LogP) is 8.55. The number of thiazole rings is 1. The zero-order chi connectivity index (χ0) is 47.5. The average molecular weight is 958 g/mol. The van der Waals surface area contributed by atoms with E-state index in [1.165, 1.54) is 49.1 Å². The van der Waals surface area contributed by atoms with Crippen molar-refractivity contribution >= 4 is 46.6 Å². The SMILES string of the molecule is Cc1ncsc1-c1ccc(CNC(=O)[C@@H]2C[C@@H](O)CN2C(=O)C(NC(=O)CCCCCCCCCCNC2CCC(Nc3ncc(Cl)c(-c4cnn(C)c4CC4CC4)n3)CC2)C(C)(C)C)cc1. The molecule has 3 fully saturated rings. The van der Waals surface area contributed by atoms with E-state index in [1.807, 2.05) is 75.4 Å². The first-order chi connectivity index (χ1) is 32.2. The summed E-state index contributed by atoms with van der Waals surface area (Å²) in [5, 5.41) is 29.0. The third-order valence-electron chi connectivity index (χ3n) is 13.8. The average Bonchev–Trinajstić information content (AvgIpc) is 3.71. The number of halogens is 1. The zero-order valence-electron chi connectivity index (χ0n) is 40.3. The standard InChI is InChI=1S/C51H73ClN10O4S/c1-33-46(67-32-56-33)36-19-17-35(18-20-36)28-54-48(65)43-27-39(63)31-62(43)49(66)47(51(2,3)4)59-44(64)14-12-10-8-6-7-9-11-13-25-53-37-21-23-38(24-22-37)58-50-55-30-41(52)45(60-50)40-29-57-61(5)42(40)26-34-15-16-34/h17-20,29-30,32,34,37-39,43,47,53,63H,6-16,21-28,31H2,1-5H3,(H,54,65)(H,59,64)(H,55,58,60)/t37?,38?,39-,43+,47?/m1/s1. The Hall–Kier alpha value is -4.44. The molecule has 1 saturated heterocycles. The lowest BCUT2D eigenvalue weighted by atomic mass is 9.85. The molecule has 3 amide bonds. The molecule has 3 atom stereocenters. The molecule has 1 aromatic carbocycles. The van der Waals surface area contributed by atoms with Crippen LogP contribution in [0.2, 0.25) is 5.02 Å². The highest BCUT2D eigenvalue weighted by molar-refractivity contribution is 7.13. The number of aromatic nitrogens is 5. The fourth-order valence-electron chi connectivity index (χ4n) is 9.54. The number of aliphatic hydroxyl groups excluding tert-OH is 1. The second-order valence-electron chi connectivity index (χ2n) is 20.3. The Morgan fingerprint density at radius 3 is 2.27 bits per heavy atom. The first-order valence-electron chi connectivity index (χ1n) is 24.8. The number of amides is 3. The molecule has 4 aromatic rings. The second kappa shape index (κ2) is 23.7.